The number of thioether (sulfide) groups is 1. The molecule has 0 aliphatic heterocycles. The molecule has 3 aromatic carbocycles. The van der Waals surface area contributed by atoms with Crippen LogP contribution in [0, 0.1) is 0 Å². The minimum Gasteiger partial charge on any atom is -0.497 e. The first-order valence-electron chi connectivity index (χ1n) is 8.61. The summed E-state index contributed by atoms with van der Waals surface area (Å²) in [6.07, 6.45) is 0. The molecule has 0 saturated heterocycles. The molecule has 0 aliphatic carbocycles. The van der Waals surface area contributed by atoms with Gasteiger partial charge in [-0.05, 0) is 47.2 Å². The zero-order valence-corrected chi connectivity index (χ0v) is 15.9. The van der Waals surface area contributed by atoms with E-state index in [0.717, 1.165) is 22.1 Å². The smallest absolute Gasteiger partial charge is 0.277 e. The summed E-state index contributed by atoms with van der Waals surface area (Å²) in [5.74, 6) is 1.19. The van der Waals surface area contributed by atoms with Gasteiger partial charge in [0.05, 0.1) is 12.9 Å². The van der Waals surface area contributed by atoms with Crippen molar-refractivity contribution in [2.24, 2.45) is 0 Å². The van der Waals surface area contributed by atoms with Gasteiger partial charge in [-0.15, -0.1) is 10.2 Å². The van der Waals surface area contributed by atoms with Crippen LogP contribution in [0.3, 0.4) is 0 Å². The third-order valence-corrected chi connectivity index (χ3v) is 4.92. The van der Waals surface area contributed by atoms with E-state index in [9.17, 15) is 4.79 Å². The second kappa shape index (κ2) is 8.14. The maximum absolute atomic E-state index is 12.1. The van der Waals surface area contributed by atoms with Crippen LogP contribution >= 0.6 is 11.8 Å². The van der Waals surface area contributed by atoms with Gasteiger partial charge in [-0.1, -0.05) is 42.1 Å². The van der Waals surface area contributed by atoms with Gasteiger partial charge in [-0.3, -0.25) is 4.79 Å². The van der Waals surface area contributed by atoms with E-state index >= 15 is 0 Å². The second-order valence-corrected chi connectivity index (χ2v) is 6.93. The molecular weight excluding hydrogens is 374 g/mol. The molecule has 1 amide bonds. The first-order valence-corrected chi connectivity index (χ1v) is 9.59. The van der Waals surface area contributed by atoms with Crippen molar-refractivity contribution in [3.63, 3.8) is 0 Å². The summed E-state index contributed by atoms with van der Waals surface area (Å²) >= 11 is 1.20. The molecule has 140 valence electrons. The highest BCUT2D eigenvalue weighted by molar-refractivity contribution is 7.99. The number of methoxy groups -OCH3 is 1. The number of amides is 1. The Morgan fingerprint density at radius 2 is 1.82 bits per heavy atom. The van der Waals surface area contributed by atoms with Crippen molar-refractivity contribution in [1.82, 2.24) is 10.2 Å². The van der Waals surface area contributed by atoms with E-state index in [-0.39, 0.29) is 11.7 Å². The highest BCUT2D eigenvalue weighted by Gasteiger charge is 2.12. The Morgan fingerprint density at radius 1 is 1.04 bits per heavy atom. The molecule has 0 unspecified atom stereocenters. The van der Waals surface area contributed by atoms with Crippen molar-refractivity contribution >= 4 is 34.1 Å². The topological polar surface area (TPSA) is 77.2 Å². The van der Waals surface area contributed by atoms with Crippen LogP contribution in [0.15, 0.2) is 76.4 Å². The minimum atomic E-state index is -0.152. The van der Waals surface area contributed by atoms with Crippen LogP contribution in [0.25, 0.3) is 22.2 Å². The van der Waals surface area contributed by atoms with Gasteiger partial charge in [-0.25, -0.2) is 0 Å². The largest absolute Gasteiger partial charge is 0.497 e. The van der Waals surface area contributed by atoms with Crippen LogP contribution < -0.4 is 10.1 Å². The summed E-state index contributed by atoms with van der Waals surface area (Å²) in [7, 11) is 1.60. The number of anilines is 1. The second-order valence-electron chi connectivity index (χ2n) is 6.00. The molecule has 1 heterocycles. The Morgan fingerprint density at radius 3 is 2.61 bits per heavy atom. The van der Waals surface area contributed by atoms with Gasteiger partial charge in [0, 0.05) is 11.3 Å². The van der Waals surface area contributed by atoms with Crippen LogP contribution in [0.2, 0.25) is 0 Å². The predicted molar refractivity (Wildman–Crippen MR) is 110 cm³/mol. The van der Waals surface area contributed by atoms with E-state index in [1.807, 2.05) is 36.4 Å². The molecule has 0 spiro atoms. The molecule has 0 bridgehead atoms. The quantitative estimate of drug-likeness (QED) is 0.483. The van der Waals surface area contributed by atoms with E-state index in [1.165, 1.54) is 11.8 Å². The van der Waals surface area contributed by atoms with Crippen LogP contribution in [0.5, 0.6) is 5.75 Å². The van der Waals surface area contributed by atoms with Crippen molar-refractivity contribution in [2.45, 2.75) is 5.22 Å². The number of rotatable bonds is 6. The monoisotopic (exact) mass is 391 g/mol. The first-order chi connectivity index (χ1) is 13.7. The number of hydrogen-bond donors (Lipinski definition) is 1. The molecule has 1 N–H and O–H groups in total. The molecule has 0 atom stereocenters. The van der Waals surface area contributed by atoms with Crippen LogP contribution in [-0.4, -0.2) is 29.0 Å². The molecule has 7 heteroatoms. The molecule has 0 fully saturated rings. The molecule has 0 radical (unpaired) electrons. The molecule has 6 nitrogen and oxygen atoms in total. The summed E-state index contributed by atoms with van der Waals surface area (Å²) in [6, 6.07) is 21.2. The zero-order chi connectivity index (χ0) is 19.3. The lowest BCUT2D eigenvalue weighted by atomic mass is 10.1. The fraction of sp³-hybridized carbons (Fsp3) is 0.0952. The number of hydrogen-bond acceptors (Lipinski definition) is 6. The van der Waals surface area contributed by atoms with Crippen LogP contribution in [0.1, 0.15) is 0 Å². The van der Waals surface area contributed by atoms with Crippen molar-refractivity contribution in [1.29, 1.82) is 0 Å². The molecule has 1 aromatic heterocycles. The number of carbonyl (C=O) groups is 1. The molecule has 28 heavy (non-hydrogen) atoms. The Labute approximate surface area is 165 Å². The normalized spacial score (nSPS) is 10.8. The third kappa shape index (κ3) is 4.15. The molecule has 4 aromatic rings. The summed E-state index contributed by atoms with van der Waals surface area (Å²) in [5.41, 5.74) is 1.55. The van der Waals surface area contributed by atoms with Crippen molar-refractivity contribution in [3.8, 4) is 17.2 Å². The number of nitrogens with one attached hydrogen (secondary N) is 1. The fourth-order valence-electron chi connectivity index (χ4n) is 2.71. The lowest BCUT2D eigenvalue weighted by Gasteiger charge is -2.05. The van der Waals surface area contributed by atoms with E-state index < -0.39 is 0 Å². The van der Waals surface area contributed by atoms with Crippen LogP contribution in [-0.2, 0) is 4.79 Å². The van der Waals surface area contributed by atoms with Crippen molar-refractivity contribution < 1.29 is 13.9 Å². The highest BCUT2D eigenvalue weighted by atomic mass is 32.2. The van der Waals surface area contributed by atoms with Gasteiger partial charge in [0.15, 0.2) is 0 Å². The molecule has 0 aliphatic rings. The zero-order valence-electron chi connectivity index (χ0n) is 15.1. The van der Waals surface area contributed by atoms with Gasteiger partial charge in [0.1, 0.15) is 5.75 Å². The number of benzene rings is 3. The number of ether oxygens (including phenoxy) is 1. The van der Waals surface area contributed by atoms with Crippen molar-refractivity contribution in [2.75, 3.05) is 18.2 Å². The fourth-order valence-corrected chi connectivity index (χ4v) is 3.27. The van der Waals surface area contributed by atoms with E-state index in [2.05, 4.69) is 21.6 Å². The maximum Gasteiger partial charge on any atom is 0.277 e. The SMILES string of the molecule is COc1ccc(NC(=O)CSc2nnc(-c3ccc4ccccc4c3)o2)cc1. The van der Waals surface area contributed by atoms with Gasteiger partial charge in [-0.2, -0.15) is 0 Å². The summed E-state index contributed by atoms with van der Waals surface area (Å²) in [5, 5.41) is 13.5. The predicted octanol–water partition coefficient (Wildman–Crippen LogP) is 4.63. The lowest BCUT2D eigenvalue weighted by molar-refractivity contribution is -0.113. The third-order valence-electron chi connectivity index (χ3n) is 4.10. The summed E-state index contributed by atoms with van der Waals surface area (Å²) in [6.45, 7) is 0. The lowest BCUT2D eigenvalue weighted by Crippen LogP contribution is -2.13. The first kappa shape index (κ1) is 18.1. The summed E-state index contributed by atoms with van der Waals surface area (Å²) in [4.78, 5) is 12.1. The Kier molecular flexibility index (Phi) is 5.25. The highest BCUT2D eigenvalue weighted by Crippen LogP contribution is 2.26. The Balaban J connectivity index is 1.37. The number of nitrogens with zero attached hydrogens (tertiary/aromatic N) is 2. The molecule has 0 saturated carbocycles. The Bertz CT molecular complexity index is 1110. The van der Waals surface area contributed by atoms with E-state index in [4.69, 9.17) is 9.15 Å². The van der Waals surface area contributed by atoms with Crippen LogP contribution in [0.4, 0.5) is 5.69 Å². The van der Waals surface area contributed by atoms with Gasteiger partial charge in [0.25, 0.3) is 5.22 Å². The number of aromatic nitrogens is 2. The number of carbonyl (C=O) groups excluding carboxylic acids is 1. The molecular formula is C21H17N3O3S. The maximum atomic E-state index is 12.1. The number of fused-ring (bicyclic) bond motifs is 1. The van der Waals surface area contributed by atoms with E-state index in [1.54, 1.807) is 31.4 Å². The van der Waals surface area contributed by atoms with Gasteiger partial charge < -0.3 is 14.5 Å². The Hall–Kier alpha value is -3.32. The van der Waals surface area contributed by atoms with Gasteiger partial charge >= 0.3 is 0 Å². The van der Waals surface area contributed by atoms with Gasteiger partial charge in [0.2, 0.25) is 11.8 Å². The van der Waals surface area contributed by atoms with Crippen molar-refractivity contribution in [3.05, 3.63) is 66.7 Å². The van der Waals surface area contributed by atoms with E-state index in [0.29, 0.717) is 16.8 Å². The minimum absolute atomic E-state index is 0.152. The average molecular weight is 391 g/mol. The standard InChI is InChI=1S/C21H17N3O3S/c1-26-18-10-8-17(9-11-18)22-19(25)13-28-21-24-23-20(27-21)16-7-6-14-4-2-3-5-15(14)12-16/h2-12H,13H2,1H3,(H,22,25). The summed E-state index contributed by atoms with van der Waals surface area (Å²) < 4.78 is 10.8. The average Bonchev–Trinajstić information content (AvgIpc) is 3.21. The molecule has 4 rings (SSSR count).